The second-order valence-corrected chi connectivity index (χ2v) is 3.97. The Morgan fingerprint density at radius 2 is 2.44 bits per heavy atom. The van der Waals surface area contributed by atoms with E-state index in [0.29, 0.717) is 5.92 Å². The van der Waals surface area contributed by atoms with Crippen LogP contribution in [0.2, 0.25) is 0 Å². The molecule has 0 amide bonds. The van der Waals surface area contributed by atoms with E-state index in [1.165, 1.54) is 5.01 Å². The standard InChI is InChI=1S/C5H8IN2S/c1-4(2)5-8(6)3-7-9-5/h3-4H,1-2H3/q+1. The van der Waals surface area contributed by atoms with Crippen molar-refractivity contribution in [3.63, 3.8) is 0 Å². The molecule has 0 aliphatic heterocycles. The summed E-state index contributed by atoms with van der Waals surface area (Å²) < 4.78 is 6.07. The Bertz CT molecular complexity index is 197. The fourth-order valence-corrected chi connectivity index (χ4v) is 2.27. The number of hydrogen-bond donors (Lipinski definition) is 0. The Hall–Kier alpha value is 0.290. The third-order valence-corrected chi connectivity index (χ3v) is 3.15. The van der Waals surface area contributed by atoms with E-state index in [-0.39, 0.29) is 0 Å². The summed E-state index contributed by atoms with van der Waals surface area (Å²) in [6.45, 7) is 4.34. The van der Waals surface area contributed by atoms with Gasteiger partial charge < -0.3 is 0 Å². The van der Waals surface area contributed by atoms with E-state index in [0.717, 1.165) is 0 Å². The van der Waals surface area contributed by atoms with Crippen LogP contribution in [0.3, 0.4) is 0 Å². The van der Waals surface area contributed by atoms with Gasteiger partial charge in [-0.05, 0) is 0 Å². The van der Waals surface area contributed by atoms with Gasteiger partial charge in [-0.2, -0.15) is 2.78 Å². The van der Waals surface area contributed by atoms with Gasteiger partial charge in [-0.3, -0.25) is 0 Å². The molecule has 0 bridgehead atoms. The molecule has 0 saturated carbocycles. The highest BCUT2D eigenvalue weighted by molar-refractivity contribution is 14.1. The fourth-order valence-electron chi connectivity index (χ4n) is 0.567. The van der Waals surface area contributed by atoms with Crippen molar-refractivity contribution >= 4 is 34.4 Å². The van der Waals surface area contributed by atoms with Gasteiger partial charge in [0.05, 0.1) is 0 Å². The zero-order valence-electron chi connectivity index (χ0n) is 5.34. The summed E-state index contributed by atoms with van der Waals surface area (Å²) in [5.74, 6) is 0.592. The maximum atomic E-state index is 4.04. The molecule has 0 aliphatic rings. The first kappa shape index (κ1) is 7.40. The molecule has 2 nitrogen and oxygen atoms in total. The maximum absolute atomic E-state index is 4.04. The van der Waals surface area contributed by atoms with Gasteiger partial charge >= 0.3 is 6.33 Å². The highest BCUT2D eigenvalue weighted by Gasteiger charge is 2.12. The molecule has 0 aliphatic carbocycles. The lowest BCUT2D eigenvalue weighted by Crippen LogP contribution is -2.21. The average molecular weight is 255 g/mol. The highest BCUT2D eigenvalue weighted by Crippen LogP contribution is 2.12. The Labute approximate surface area is 72.6 Å². The van der Waals surface area contributed by atoms with Gasteiger partial charge in [-0.25, -0.2) is 0 Å². The van der Waals surface area contributed by atoms with Crippen LogP contribution in [-0.4, -0.2) is 4.37 Å². The summed E-state index contributed by atoms with van der Waals surface area (Å²) in [7, 11) is 0. The van der Waals surface area contributed by atoms with Crippen molar-refractivity contribution in [3.05, 3.63) is 11.3 Å². The molecule has 0 unspecified atom stereocenters. The molecule has 1 rings (SSSR count). The molecule has 1 aromatic heterocycles. The molecule has 4 heteroatoms. The smallest absolute Gasteiger partial charge is 0.159 e. The zero-order valence-corrected chi connectivity index (χ0v) is 8.31. The van der Waals surface area contributed by atoms with E-state index in [1.807, 2.05) is 9.11 Å². The van der Waals surface area contributed by atoms with Crippen molar-refractivity contribution in [2.75, 3.05) is 0 Å². The minimum absolute atomic E-state index is 0.592. The monoisotopic (exact) mass is 255 g/mol. The Morgan fingerprint density at radius 1 is 1.78 bits per heavy atom. The van der Waals surface area contributed by atoms with Crippen LogP contribution in [0.25, 0.3) is 0 Å². The van der Waals surface area contributed by atoms with Gasteiger partial charge in [-0.1, -0.05) is 13.8 Å². The molecular weight excluding hydrogens is 247 g/mol. The first-order valence-corrected chi connectivity index (χ1v) is 4.48. The topological polar surface area (TPSA) is 16.8 Å². The average Bonchev–Trinajstić information content (AvgIpc) is 2.13. The van der Waals surface area contributed by atoms with Crippen LogP contribution < -0.4 is 2.78 Å². The van der Waals surface area contributed by atoms with Crippen LogP contribution in [0.5, 0.6) is 0 Å². The molecular formula is C5H8IN2S+. The van der Waals surface area contributed by atoms with Crippen molar-refractivity contribution in [2.24, 2.45) is 0 Å². The van der Waals surface area contributed by atoms with Gasteiger partial charge in [-0.15, -0.1) is 0 Å². The summed E-state index contributed by atoms with van der Waals surface area (Å²) in [4.78, 5) is 0. The Kier molecular flexibility index (Phi) is 2.40. The van der Waals surface area contributed by atoms with E-state index in [9.17, 15) is 0 Å². The second-order valence-electron chi connectivity index (χ2n) is 2.12. The van der Waals surface area contributed by atoms with Crippen molar-refractivity contribution in [3.8, 4) is 0 Å². The summed E-state index contributed by atoms with van der Waals surface area (Å²) in [5, 5.41) is 1.32. The molecule has 0 saturated heterocycles. The quantitative estimate of drug-likeness (QED) is 0.698. The van der Waals surface area contributed by atoms with Crippen LogP contribution in [0.4, 0.5) is 0 Å². The van der Waals surface area contributed by atoms with E-state index in [2.05, 4.69) is 41.1 Å². The van der Waals surface area contributed by atoms with E-state index in [4.69, 9.17) is 0 Å². The molecule has 1 heterocycles. The zero-order chi connectivity index (χ0) is 6.85. The van der Waals surface area contributed by atoms with Crippen molar-refractivity contribution in [1.29, 1.82) is 0 Å². The predicted molar refractivity (Wildman–Crippen MR) is 45.8 cm³/mol. The summed E-state index contributed by atoms with van der Waals surface area (Å²) in [6.07, 6.45) is 1.83. The number of hydrogen-bond acceptors (Lipinski definition) is 2. The SMILES string of the molecule is CC(C)c1snc[n+]1I. The predicted octanol–water partition coefficient (Wildman–Crippen LogP) is 1.75. The van der Waals surface area contributed by atoms with E-state index < -0.39 is 0 Å². The number of nitrogens with zero attached hydrogens (tertiary/aromatic N) is 2. The van der Waals surface area contributed by atoms with Crippen molar-refractivity contribution in [2.45, 2.75) is 19.8 Å². The number of halogens is 1. The Balaban J connectivity index is 2.94. The van der Waals surface area contributed by atoms with Crippen molar-refractivity contribution < 1.29 is 2.78 Å². The maximum Gasteiger partial charge on any atom is 0.310 e. The third kappa shape index (κ3) is 1.61. The van der Waals surface area contributed by atoms with Gasteiger partial charge in [0.15, 0.2) is 0 Å². The van der Waals surface area contributed by atoms with E-state index >= 15 is 0 Å². The summed E-state index contributed by atoms with van der Waals surface area (Å²) in [5.41, 5.74) is 0. The summed E-state index contributed by atoms with van der Waals surface area (Å²) >= 11 is 3.80. The molecule has 0 radical (unpaired) electrons. The fraction of sp³-hybridized carbons (Fsp3) is 0.600. The first-order chi connectivity index (χ1) is 4.22. The van der Waals surface area contributed by atoms with Gasteiger partial charge in [0.2, 0.25) is 27.9 Å². The lowest BCUT2D eigenvalue weighted by Gasteiger charge is -1.92. The molecule has 9 heavy (non-hydrogen) atoms. The molecule has 0 aromatic carbocycles. The second kappa shape index (κ2) is 2.92. The van der Waals surface area contributed by atoms with Crippen LogP contribution in [-0.2, 0) is 0 Å². The normalized spacial score (nSPS) is 10.7. The highest BCUT2D eigenvalue weighted by atomic mass is 127. The summed E-state index contributed by atoms with van der Waals surface area (Å²) in [6, 6.07) is 0. The lowest BCUT2D eigenvalue weighted by molar-refractivity contribution is -0.448. The van der Waals surface area contributed by atoms with Gasteiger partial charge in [0.1, 0.15) is 11.5 Å². The van der Waals surface area contributed by atoms with Crippen LogP contribution in [0, 0.1) is 0 Å². The van der Waals surface area contributed by atoms with E-state index in [1.54, 1.807) is 11.5 Å². The van der Waals surface area contributed by atoms with Crippen molar-refractivity contribution in [1.82, 2.24) is 4.37 Å². The minimum Gasteiger partial charge on any atom is -0.159 e. The van der Waals surface area contributed by atoms with Crippen LogP contribution >= 0.6 is 34.4 Å². The molecule has 0 atom stereocenters. The lowest BCUT2D eigenvalue weighted by atomic mass is 10.2. The number of aromatic nitrogens is 2. The van der Waals surface area contributed by atoms with Gasteiger partial charge in [0, 0.05) is 10.3 Å². The van der Waals surface area contributed by atoms with Crippen LogP contribution in [0.1, 0.15) is 24.8 Å². The van der Waals surface area contributed by atoms with Gasteiger partial charge in [0.25, 0.3) is 0 Å². The Morgan fingerprint density at radius 3 is 2.67 bits per heavy atom. The molecule has 0 N–H and O–H groups in total. The largest absolute Gasteiger partial charge is 0.310 e. The number of rotatable bonds is 1. The molecule has 50 valence electrons. The minimum atomic E-state index is 0.592. The third-order valence-electron chi connectivity index (χ3n) is 0.999. The molecule has 0 fully saturated rings. The molecule has 0 spiro atoms. The first-order valence-electron chi connectivity index (χ1n) is 2.74. The molecule has 1 aromatic rings. The van der Waals surface area contributed by atoms with Crippen LogP contribution in [0.15, 0.2) is 6.33 Å².